The average Bonchev–Trinajstić information content (AvgIpc) is 2.89. The third-order valence-corrected chi connectivity index (χ3v) is 3.01. The van der Waals surface area contributed by atoms with Crippen LogP contribution in [-0.4, -0.2) is 32.7 Å². The molecule has 2 heterocycles. The number of hydrogen-bond acceptors (Lipinski definition) is 5. The second-order valence-electron chi connectivity index (χ2n) is 5.06. The highest BCUT2D eigenvalue weighted by molar-refractivity contribution is 5.97. The summed E-state index contributed by atoms with van der Waals surface area (Å²) in [5.74, 6) is 0.574. The Balaban J connectivity index is 2.15. The van der Waals surface area contributed by atoms with Crippen LogP contribution in [0.3, 0.4) is 0 Å². The Hall–Kier alpha value is -2.44. The van der Waals surface area contributed by atoms with Crippen molar-refractivity contribution in [3.8, 4) is 0 Å². The molecule has 0 unspecified atom stereocenters. The molecule has 112 valence electrons. The Labute approximate surface area is 123 Å². The lowest BCUT2D eigenvalue weighted by Gasteiger charge is -2.11. The van der Waals surface area contributed by atoms with E-state index in [1.54, 1.807) is 17.9 Å². The van der Waals surface area contributed by atoms with Crippen LogP contribution in [0.1, 0.15) is 41.8 Å². The predicted molar refractivity (Wildman–Crippen MR) is 80.0 cm³/mol. The highest BCUT2D eigenvalue weighted by Crippen LogP contribution is 2.15. The number of rotatable bonds is 5. The maximum atomic E-state index is 12.3. The first-order chi connectivity index (χ1) is 10.0. The van der Waals surface area contributed by atoms with E-state index in [9.17, 15) is 4.79 Å². The Morgan fingerprint density at radius 1 is 1.43 bits per heavy atom. The Kier molecular flexibility index (Phi) is 4.52. The van der Waals surface area contributed by atoms with Crippen LogP contribution in [0.4, 0.5) is 5.69 Å². The van der Waals surface area contributed by atoms with Gasteiger partial charge in [-0.3, -0.25) is 9.48 Å². The molecule has 0 aliphatic carbocycles. The lowest BCUT2D eigenvalue weighted by Crippen LogP contribution is -2.26. The van der Waals surface area contributed by atoms with Crippen LogP contribution in [0.15, 0.2) is 18.5 Å². The van der Waals surface area contributed by atoms with Crippen molar-refractivity contribution in [2.75, 3.05) is 12.4 Å². The molecule has 0 bridgehead atoms. The van der Waals surface area contributed by atoms with Gasteiger partial charge in [-0.05, 0) is 6.07 Å². The number of nitrogens with zero attached hydrogens (tertiary/aromatic N) is 4. The van der Waals surface area contributed by atoms with Crippen molar-refractivity contribution in [2.24, 2.45) is 7.05 Å². The van der Waals surface area contributed by atoms with Crippen molar-refractivity contribution >= 4 is 11.6 Å². The first kappa shape index (κ1) is 15.0. The molecule has 7 nitrogen and oxygen atoms in total. The van der Waals surface area contributed by atoms with Gasteiger partial charge in [0.1, 0.15) is 5.82 Å². The van der Waals surface area contributed by atoms with Crippen molar-refractivity contribution < 1.29 is 4.79 Å². The van der Waals surface area contributed by atoms with E-state index in [2.05, 4.69) is 25.7 Å². The van der Waals surface area contributed by atoms with E-state index >= 15 is 0 Å². The van der Waals surface area contributed by atoms with E-state index in [1.165, 1.54) is 0 Å². The first-order valence-electron chi connectivity index (χ1n) is 6.82. The van der Waals surface area contributed by atoms with Gasteiger partial charge in [-0.1, -0.05) is 13.8 Å². The molecule has 0 aromatic carbocycles. The number of hydrogen-bond donors (Lipinski definition) is 2. The Morgan fingerprint density at radius 3 is 2.76 bits per heavy atom. The van der Waals surface area contributed by atoms with Gasteiger partial charge in [0.25, 0.3) is 5.91 Å². The van der Waals surface area contributed by atoms with Crippen LogP contribution in [-0.2, 0) is 13.6 Å². The second kappa shape index (κ2) is 6.34. The van der Waals surface area contributed by atoms with Crippen LogP contribution in [0.5, 0.6) is 0 Å². The zero-order chi connectivity index (χ0) is 15.4. The monoisotopic (exact) mass is 288 g/mol. The SMILES string of the molecule is CNc1cnc(C(C)C)nc1C(=O)NCc1ccn(C)n1. The first-order valence-corrected chi connectivity index (χ1v) is 6.82. The summed E-state index contributed by atoms with van der Waals surface area (Å²) in [5.41, 5.74) is 1.76. The molecule has 0 aliphatic rings. The highest BCUT2D eigenvalue weighted by Gasteiger charge is 2.16. The zero-order valence-electron chi connectivity index (χ0n) is 12.7. The number of nitrogens with one attached hydrogen (secondary N) is 2. The number of aryl methyl sites for hydroxylation is 1. The third kappa shape index (κ3) is 3.56. The van der Waals surface area contributed by atoms with E-state index in [0.29, 0.717) is 23.8 Å². The maximum Gasteiger partial charge on any atom is 0.272 e. The summed E-state index contributed by atoms with van der Waals surface area (Å²) < 4.78 is 1.70. The van der Waals surface area contributed by atoms with Gasteiger partial charge in [-0.25, -0.2) is 9.97 Å². The molecular weight excluding hydrogens is 268 g/mol. The molecular formula is C14H20N6O. The fourth-order valence-corrected chi connectivity index (χ4v) is 1.84. The van der Waals surface area contributed by atoms with E-state index < -0.39 is 0 Å². The van der Waals surface area contributed by atoms with Gasteiger partial charge in [-0.15, -0.1) is 0 Å². The van der Waals surface area contributed by atoms with Crippen LogP contribution < -0.4 is 10.6 Å². The van der Waals surface area contributed by atoms with Gasteiger partial charge in [0.05, 0.1) is 24.1 Å². The summed E-state index contributed by atoms with van der Waals surface area (Å²) in [7, 11) is 3.58. The fraction of sp³-hybridized carbons (Fsp3) is 0.429. The van der Waals surface area contributed by atoms with Crippen LogP contribution in [0.2, 0.25) is 0 Å². The standard InChI is InChI=1S/C14H20N6O/c1-9(2)13-16-8-11(15-3)12(18-13)14(21)17-7-10-5-6-20(4)19-10/h5-6,8-9,15H,7H2,1-4H3,(H,17,21). The fourth-order valence-electron chi connectivity index (χ4n) is 1.84. The van der Waals surface area contributed by atoms with E-state index in [0.717, 1.165) is 5.69 Å². The molecule has 2 rings (SSSR count). The largest absolute Gasteiger partial charge is 0.385 e. The Bertz CT molecular complexity index is 634. The molecule has 0 spiro atoms. The van der Waals surface area contributed by atoms with Crippen LogP contribution in [0, 0.1) is 0 Å². The van der Waals surface area contributed by atoms with Crippen molar-refractivity contribution in [1.29, 1.82) is 0 Å². The molecule has 2 aromatic rings. The molecule has 7 heteroatoms. The molecule has 0 saturated carbocycles. The molecule has 0 fully saturated rings. The summed E-state index contributed by atoms with van der Waals surface area (Å²) in [6.07, 6.45) is 3.47. The predicted octanol–water partition coefficient (Wildman–Crippen LogP) is 1.31. The summed E-state index contributed by atoms with van der Waals surface area (Å²) >= 11 is 0. The molecule has 1 amide bonds. The number of carbonyl (C=O) groups is 1. The normalized spacial score (nSPS) is 10.7. The van der Waals surface area contributed by atoms with Gasteiger partial charge >= 0.3 is 0 Å². The lowest BCUT2D eigenvalue weighted by molar-refractivity contribution is 0.0945. The summed E-state index contributed by atoms with van der Waals surface area (Å²) in [6, 6.07) is 1.86. The molecule has 0 aliphatic heterocycles. The minimum absolute atomic E-state index is 0.165. The average molecular weight is 288 g/mol. The van der Waals surface area contributed by atoms with Gasteiger partial charge in [0.15, 0.2) is 5.69 Å². The lowest BCUT2D eigenvalue weighted by atomic mass is 10.2. The molecule has 2 N–H and O–H groups in total. The van der Waals surface area contributed by atoms with Crippen molar-refractivity contribution in [1.82, 2.24) is 25.1 Å². The molecule has 0 atom stereocenters. The Morgan fingerprint density at radius 2 is 2.19 bits per heavy atom. The van der Waals surface area contributed by atoms with E-state index in [1.807, 2.05) is 33.2 Å². The summed E-state index contributed by atoms with van der Waals surface area (Å²) in [6.45, 7) is 4.34. The van der Waals surface area contributed by atoms with E-state index in [4.69, 9.17) is 0 Å². The van der Waals surface area contributed by atoms with Gasteiger partial charge in [-0.2, -0.15) is 5.10 Å². The number of carbonyl (C=O) groups excluding carboxylic acids is 1. The smallest absolute Gasteiger partial charge is 0.272 e. The molecule has 2 aromatic heterocycles. The molecule has 0 saturated heterocycles. The van der Waals surface area contributed by atoms with Crippen molar-refractivity contribution in [3.63, 3.8) is 0 Å². The molecule has 0 radical (unpaired) electrons. The quantitative estimate of drug-likeness (QED) is 0.866. The topological polar surface area (TPSA) is 84.7 Å². The van der Waals surface area contributed by atoms with Crippen LogP contribution >= 0.6 is 0 Å². The minimum Gasteiger partial charge on any atom is -0.385 e. The maximum absolute atomic E-state index is 12.3. The van der Waals surface area contributed by atoms with Crippen molar-refractivity contribution in [3.05, 3.63) is 35.7 Å². The summed E-state index contributed by atoms with van der Waals surface area (Å²) in [5, 5.41) is 9.98. The molecule has 21 heavy (non-hydrogen) atoms. The van der Waals surface area contributed by atoms with Crippen molar-refractivity contribution in [2.45, 2.75) is 26.3 Å². The second-order valence-corrected chi connectivity index (χ2v) is 5.06. The third-order valence-electron chi connectivity index (χ3n) is 3.01. The minimum atomic E-state index is -0.241. The van der Waals surface area contributed by atoms with Gasteiger partial charge < -0.3 is 10.6 Å². The van der Waals surface area contributed by atoms with E-state index in [-0.39, 0.29) is 11.8 Å². The zero-order valence-corrected chi connectivity index (χ0v) is 12.7. The number of anilines is 1. The highest BCUT2D eigenvalue weighted by atomic mass is 16.1. The van der Waals surface area contributed by atoms with Crippen LogP contribution in [0.25, 0.3) is 0 Å². The van der Waals surface area contributed by atoms with Gasteiger partial charge in [0.2, 0.25) is 0 Å². The number of amides is 1. The summed E-state index contributed by atoms with van der Waals surface area (Å²) in [4.78, 5) is 20.9. The number of aromatic nitrogens is 4. The van der Waals surface area contributed by atoms with Gasteiger partial charge in [0, 0.05) is 26.2 Å².